The zero-order valence-corrected chi connectivity index (χ0v) is 10.6. The maximum atomic E-state index is 10.7. The molecule has 2 aromatic rings. The fourth-order valence-corrected chi connectivity index (χ4v) is 1.81. The number of non-ortho nitro benzene ring substituents is 1. The van der Waals surface area contributed by atoms with Crippen LogP contribution in [-0.2, 0) is 0 Å². The average molecular weight is 262 g/mol. The number of aromatic amines is 1. The van der Waals surface area contributed by atoms with Gasteiger partial charge < -0.3 is 5.32 Å². The van der Waals surface area contributed by atoms with Crippen LogP contribution < -0.4 is 5.32 Å². The zero-order chi connectivity index (χ0) is 13.8. The number of hydrogen-bond acceptors (Lipinski definition) is 6. The van der Waals surface area contributed by atoms with Gasteiger partial charge in [-0.25, -0.2) is 0 Å². The van der Waals surface area contributed by atoms with Crippen LogP contribution in [0.15, 0.2) is 24.3 Å². The molecular formula is C11H14N6O2. The van der Waals surface area contributed by atoms with Crippen molar-refractivity contribution in [1.82, 2.24) is 25.9 Å². The van der Waals surface area contributed by atoms with Crippen molar-refractivity contribution in [2.24, 2.45) is 0 Å². The zero-order valence-electron chi connectivity index (χ0n) is 10.6. The number of hydrogen-bond donors (Lipinski definition) is 2. The summed E-state index contributed by atoms with van der Waals surface area (Å²) >= 11 is 0. The minimum Gasteiger partial charge on any atom is -0.301 e. The monoisotopic (exact) mass is 262 g/mol. The third-order valence-corrected chi connectivity index (χ3v) is 2.83. The lowest BCUT2D eigenvalue weighted by molar-refractivity contribution is -0.384. The number of benzene rings is 1. The number of nitro benzene ring substituents is 1. The van der Waals surface area contributed by atoms with E-state index in [1.54, 1.807) is 12.1 Å². The van der Waals surface area contributed by atoms with E-state index in [1.165, 1.54) is 6.07 Å². The summed E-state index contributed by atoms with van der Waals surface area (Å²) in [6.07, 6.45) is 0. The van der Waals surface area contributed by atoms with E-state index in [9.17, 15) is 10.1 Å². The van der Waals surface area contributed by atoms with Crippen molar-refractivity contribution < 1.29 is 4.92 Å². The molecule has 2 unspecified atom stereocenters. The molecule has 8 heteroatoms. The van der Waals surface area contributed by atoms with Gasteiger partial charge in [-0.15, -0.1) is 10.2 Å². The molecule has 0 spiro atoms. The predicted molar refractivity (Wildman–Crippen MR) is 67.2 cm³/mol. The lowest BCUT2D eigenvalue weighted by Crippen LogP contribution is -2.23. The van der Waals surface area contributed by atoms with Crippen molar-refractivity contribution in [2.45, 2.75) is 25.9 Å². The quantitative estimate of drug-likeness (QED) is 0.624. The second-order valence-electron chi connectivity index (χ2n) is 4.23. The molecule has 0 saturated carbocycles. The molecule has 1 aromatic heterocycles. The molecule has 0 aliphatic rings. The number of nitro groups is 1. The lowest BCUT2D eigenvalue weighted by Gasteiger charge is -2.17. The molecular weight excluding hydrogens is 248 g/mol. The first-order chi connectivity index (χ1) is 9.08. The van der Waals surface area contributed by atoms with Crippen LogP contribution in [0.5, 0.6) is 0 Å². The number of nitrogens with one attached hydrogen (secondary N) is 2. The molecule has 1 aromatic carbocycles. The third kappa shape index (κ3) is 3.10. The molecule has 2 rings (SSSR count). The van der Waals surface area contributed by atoms with Crippen molar-refractivity contribution in [3.05, 3.63) is 45.8 Å². The summed E-state index contributed by atoms with van der Waals surface area (Å²) in [5.74, 6) is 0.553. The highest BCUT2D eigenvalue weighted by atomic mass is 16.6. The first-order valence-corrected chi connectivity index (χ1v) is 5.81. The Balaban J connectivity index is 2.09. The Kier molecular flexibility index (Phi) is 3.81. The van der Waals surface area contributed by atoms with Crippen molar-refractivity contribution in [3.63, 3.8) is 0 Å². The van der Waals surface area contributed by atoms with E-state index in [1.807, 2.05) is 19.9 Å². The first kappa shape index (κ1) is 13.1. The summed E-state index contributed by atoms with van der Waals surface area (Å²) < 4.78 is 0. The third-order valence-electron chi connectivity index (χ3n) is 2.83. The lowest BCUT2D eigenvalue weighted by atomic mass is 10.1. The van der Waals surface area contributed by atoms with Gasteiger partial charge >= 0.3 is 0 Å². The first-order valence-electron chi connectivity index (χ1n) is 5.81. The molecule has 2 atom stereocenters. The van der Waals surface area contributed by atoms with Gasteiger partial charge in [0.05, 0.1) is 11.0 Å². The van der Waals surface area contributed by atoms with Gasteiger partial charge in [0, 0.05) is 18.2 Å². The van der Waals surface area contributed by atoms with E-state index in [0.717, 1.165) is 5.56 Å². The van der Waals surface area contributed by atoms with Crippen molar-refractivity contribution in [2.75, 3.05) is 0 Å². The van der Waals surface area contributed by atoms with E-state index >= 15 is 0 Å². The smallest absolute Gasteiger partial charge is 0.269 e. The Morgan fingerprint density at radius 2 is 2.16 bits per heavy atom. The number of tetrazole rings is 1. The molecule has 19 heavy (non-hydrogen) atoms. The van der Waals surface area contributed by atoms with Crippen molar-refractivity contribution >= 4 is 5.69 Å². The molecule has 0 saturated heterocycles. The summed E-state index contributed by atoms with van der Waals surface area (Å²) in [6.45, 7) is 3.83. The van der Waals surface area contributed by atoms with Gasteiger partial charge in [-0.2, -0.15) is 5.21 Å². The van der Waals surface area contributed by atoms with Crippen LogP contribution in [0, 0.1) is 10.1 Å². The van der Waals surface area contributed by atoms with Crippen LogP contribution >= 0.6 is 0 Å². The van der Waals surface area contributed by atoms with E-state index in [-0.39, 0.29) is 17.8 Å². The average Bonchev–Trinajstić information content (AvgIpc) is 2.92. The van der Waals surface area contributed by atoms with Gasteiger partial charge in [-0.05, 0) is 19.4 Å². The molecule has 2 N–H and O–H groups in total. The molecule has 0 amide bonds. The van der Waals surface area contributed by atoms with Gasteiger partial charge in [0.15, 0.2) is 5.82 Å². The van der Waals surface area contributed by atoms with Gasteiger partial charge in [-0.3, -0.25) is 10.1 Å². The number of aromatic nitrogens is 4. The predicted octanol–water partition coefficient (Wildman–Crippen LogP) is 1.52. The van der Waals surface area contributed by atoms with Gasteiger partial charge in [-0.1, -0.05) is 17.3 Å². The van der Waals surface area contributed by atoms with Gasteiger partial charge in [0.1, 0.15) is 0 Å². The normalized spacial score (nSPS) is 14.0. The molecule has 0 radical (unpaired) electrons. The Labute approximate surface area is 109 Å². The second kappa shape index (κ2) is 5.53. The van der Waals surface area contributed by atoms with Gasteiger partial charge in [0.2, 0.25) is 0 Å². The maximum absolute atomic E-state index is 10.7. The summed E-state index contributed by atoms with van der Waals surface area (Å²) in [4.78, 5) is 10.3. The van der Waals surface area contributed by atoms with Crippen LogP contribution in [0.4, 0.5) is 5.69 Å². The second-order valence-corrected chi connectivity index (χ2v) is 4.23. The minimum absolute atomic E-state index is 0.0617. The van der Waals surface area contributed by atoms with Gasteiger partial charge in [0.25, 0.3) is 5.69 Å². The fraction of sp³-hybridized carbons (Fsp3) is 0.364. The highest BCUT2D eigenvalue weighted by Gasteiger charge is 2.16. The Hall–Kier alpha value is -2.35. The summed E-state index contributed by atoms with van der Waals surface area (Å²) in [7, 11) is 0. The Morgan fingerprint density at radius 3 is 2.79 bits per heavy atom. The summed E-state index contributed by atoms with van der Waals surface area (Å²) in [5, 5.41) is 27.7. The number of nitrogens with zero attached hydrogens (tertiary/aromatic N) is 4. The molecule has 0 bridgehead atoms. The topological polar surface area (TPSA) is 110 Å². The molecule has 0 aliphatic heterocycles. The molecule has 100 valence electrons. The standard InChI is InChI=1S/C11H14N6O2/c1-7(12-8(2)11-13-15-16-14-11)9-4-3-5-10(6-9)17(18)19/h3-8,12H,1-2H3,(H,13,14,15,16). The molecule has 0 fully saturated rings. The van der Waals surface area contributed by atoms with Crippen LogP contribution in [0.25, 0.3) is 0 Å². The summed E-state index contributed by atoms with van der Waals surface area (Å²) in [5.41, 5.74) is 0.919. The SMILES string of the molecule is CC(NC(C)c1nn[nH]n1)c1cccc([N+](=O)[O-])c1. The maximum Gasteiger partial charge on any atom is 0.269 e. The fourth-order valence-electron chi connectivity index (χ4n) is 1.81. The molecule has 1 heterocycles. The van der Waals surface area contributed by atoms with E-state index in [2.05, 4.69) is 25.9 Å². The van der Waals surface area contributed by atoms with Crippen LogP contribution in [0.2, 0.25) is 0 Å². The highest BCUT2D eigenvalue weighted by Crippen LogP contribution is 2.21. The molecule has 8 nitrogen and oxygen atoms in total. The van der Waals surface area contributed by atoms with Crippen LogP contribution in [-0.4, -0.2) is 25.5 Å². The van der Waals surface area contributed by atoms with Crippen molar-refractivity contribution in [1.29, 1.82) is 0 Å². The number of H-pyrrole nitrogens is 1. The number of rotatable bonds is 5. The van der Waals surface area contributed by atoms with E-state index in [4.69, 9.17) is 0 Å². The van der Waals surface area contributed by atoms with Crippen molar-refractivity contribution in [3.8, 4) is 0 Å². The highest BCUT2D eigenvalue weighted by molar-refractivity contribution is 5.35. The van der Waals surface area contributed by atoms with Crippen LogP contribution in [0.1, 0.15) is 37.3 Å². The summed E-state index contributed by atoms with van der Waals surface area (Å²) in [6, 6.07) is 6.37. The largest absolute Gasteiger partial charge is 0.301 e. The minimum atomic E-state index is -0.404. The molecule has 0 aliphatic carbocycles. The Morgan fingerprint density at radius 1 is 1.37 bits per heavy atom. The van der Waals surface area contributed by atoms with E-state index in [0.29, 0.717) is 5.82 Å². The van der Waals surface area contributed by atoms with Crippen LogP contribution in [0.3, 0.4) is 0 Å². The van der Waals surface area contributed by atoms with E-state index < -0.39 is 4.92 Å². The Bertz CT molecular complexity index is 556.